The van der Waals surface area contributed by atoms with E-state index in [1.54, 1.807) is 0 Å². The minimum absolute atomic E-state index is 0.145. The number of nitrogens with zero attached hydrogens (tertiary/aromatic N) is 2. The molecule has 1 aliphatic rings. The van der Waals surface area contributed by atoms with Gasteiger partial charge in [-0.05, 0) is 58.8 Å². The summed E-state index contributed by atoms with van der Waals surface area (Å²) >= 11 is 5.29. The molecule has 1 unspecified atom stereocenters. The lowest BCUT2D eigenvalue weighted by atomic mass is 9.97. The van der Waals surface area contributed by atoms with E-state index in [0.29, 0.717) is 0 Å². The minimum atomic E-state index is 0.145. The fourth-order valence-electron chi connectivity index (χ4n) is 3.14. The highest BCUT2D eigenvalue weighted by Crippen LogP contribution is 2.36. The average molecular weight is 367 g/mol. The number of hydrogen-bond donors (Lipinski definition) is 0. The maximum atomic E-state index is 13.0. The molecule has 2 aromatic rings. The first-order chi connectivity index (χ1) is 10.2. The van der Waals surface area contributed by atoms with Crippen molar-refractivity contribution in [3.05, 3.63) is 44.3 Å². The van der Waals surface area contributed by atoms with Crippen LogP contribution in [0.25, 0.3) is 0 Å². The number of halogens is 1. The number of fused-ring (bicyclic) bond motifs is 1. The summed E-state index contributed by atoms with van der Waals surface area (Å²) in [5.41, 5.74) is 2.12. The van der Waals surface area contributed by atoms with Gasteiger partial charge in [-0.15, -0.1) is 11.3 Å². The summed E-state index contributed by atoms with van der Waals surface area (Å²) in [7, 11) is 0. The van der Waals surface area contributed by atoms with E-state index in [1.165, 1.54) is 10.4 Å². The molecule has 0 saturated carbocycles. The lowest BCUT2D eigenvalue weighted by Crippen LogP contribution is -2.40. The third-order valence-corrected chi connectivity index (χ3v) is 5.60. The summed E-state index contributed by atoms with van der Waals surface area (Å²) < 4.78 is 2.98. The van der Waals surface area contributed by atoms with Crippen LogP contribution < -0.4 is 0 Å². The predicted molar refractivity (Wildman–Crippen MR) is 89.9 cm³/mol. The molecule has 1 atom stereocenters. The van der Waals surface area contributed by atoms with Crippen molar-refractivity contribution in [1.82, 2.24) is 9.47 Å². The molecule has 3 heterocycles. The molecular formula is C16H19BrN2OS. The van der Waals surface area contributed by atoms with Gasteiger partial charge in [-0.3, -0.25) is 4.79 Å². The van der Waals surface area contributed by atoms with Gasteiger partial charge in [0.05, 0.1) is 6.04 Å². The van der Waals surface area contributed by atoms with Crippen molar-refractivity contribution < 1.29 is 4.79 Å². The van der Waals surface area contributed by atoms with Crippen molar-refractivity contribution in [3.8, 4) is 0 Å². The quantitative estimate of drug-likeness (QED) is 0.785. The number of hydrogen-bond acceptors (Lipinski definition) is 2. The molecule has 0 aliphatic carbocycles. The van der Waals surface area contributed by atoms with Gasteiger partial charge >= 0.3 is 0 Å². The molecule has 0 aromatic carbocycles. The highest BCUT2D eigenvalue weighted by molar-refractivity contribution is 9.10. The van der Waals surface area contributed by atoms with E-state index < -0.39 is 0 Å². The molecule has 112 valence electrons. The maximum absolute atomic E-state index is 13.0. The van der Waals surface area contributed by atoms with Crippen LogP contribution in [0.15, 0.2) is 28.2 Å². The fourth-order valence-corrected chi connectivity index (χ4v) is 4.53. The third-order valence-electron chi connectivity index (χ3n) is 4.17. The van der Waals surface area contributed by atoms with Crippen molar-refractivity contribution in [1.29, 1.82) is 0 Å². The van der Waals surface area contributed by atoms with E-state index in [4.69, 9.17) is 0 Å². The largest absolute Gasteiger partial charge is 0.343 e. The summed E-state index contributed by atoms with van der Waals surface area (Å²) in [6.45, 7) is 5.85. The number of carbonyl (C=O) groups is 1. The summed E-state index contributed by atoms with van der Waals surface area (Å²) in [5.74, 6) is 0.145. The van der Waals surface area contributed by atoms with Crippen LogP contribution >= 0.6 is 27.3 Å². The van der Waals surface area contributed by atoms with Gasteiger partial charge in [0.2, 0.25) is 0 Å². The number of rotatable bonds is 3. The zero-order chi connectivity index (χ0) is 15.0. The van der Waals surface area contributed by atoms with E-state index in [0.717, 1.165) is 36.1 Å². The van der Waals surface area contributed by atoms with Gasteiger partial charge in [-0.2, -0.15) is 0 Å². The van der Waals surface area contributed by atoms with Crippen LogP contribution in [-0.4, -0.2) is 21.9 Å². The number of thiophene rings is 1. The monoisotopic (exact) mass is 366 g/mol. The standard InChI is InChI=1S/C16H19BrN2OS/c1-3-13-12-6-8-21-15(12)5-7-19(13)16(20)14-9-11(17)10-18(14)4-2/h6,8-10,13H,3-5,7H2,1-2H3. The Morgan fingerprint density at radius 2 is 2.29 bits per heavy atom. The molecular weight excluding hydrogens is 348 g/mol. The Balaban J connectivity index is 1.94. The average Bonchev–Trinajstić information content (AvgIpc) is 3.11. The summed E-state index contributed by atoms with van der Waals surface area (Å²) in [6.07, 6.45) is 3.92. The second kappa shape index (κ2) is 5.97. The topological polar surface area (TPSA) is 25.2 Å². The van der Waals surface area contributed by atoms with Crippen molar-refractivity contribution in [2.24, 2.45) is 0 Å². The third kappa shape index (κ3) is 2.57. The van der Waals surface area contributed by atoms with Crippen molar-refractivity contribution >= 4 is 33.2 Å². The SMILES string of the molecule is CCC1c2ccsc2CCN1C(=O)c1cc(Br)cn1CC. The van der Waals surface area contributed by atoms with Gasteiger partial charge in [-0.25, -0.2) is 0 Å². The van der Waals surface area contributed by atoms with Crippen LogP contribution in [0.5, 0.6) is 0 Å². The van der Waals surface area contributed by atoms with Crippen LogP contribution in [0.3, 0.4) is 0 Å². The number of aromatic nitrogens is 1. The Bertz CT molecular complexity index is 661. The Hall–Kier alpha value is -1.07. The highest BCUT2D eigenvalue weighted by atomic mass is 79.9. The van der Waals surface area contributed by atoms with Crippen LogP contribution in [0.4, 0.5) is 0 Å². The Labute approximate surface area is 137 Å². The van der Waals surface area contributed by atoms with E-state index in [2.05, 4.69) is 41.2 Å². The summed E-state index contributed by atoms with van der Waals surface area (Å²) in [6, 6.07) is 4.33. The predicted octanol–water partition coefficient (Wildman–Crippen LogP) is 4.48. The molecule has 0 saturated heterocycles. The maximum Gasteiger partial charge on any atom is 0.271 e. The molecule has 1 aliphatic heterocycles. The Kier molecular flexibility index (Phi) is 4.22. The van der Waals surface area contributed by atoms with Gasteiger partial charge in [0.15, 0.2) is 0 Å². The Morgan fingerprint density at radius 3 is 3.00 bits per heavy atom. The van der Waals surface area contributed by atoms with E-state index in [9.17, 15) is 4.79 Å². The second-order valence-electron chi connectivity index (χ2n) is 5.30. The minimum Gasteiger partial charge on any atom is -0.343 e. The molecule has 21 heavy (non-hydrogen) atoms. The molecule has 1 amide bonds. The lowest BCUT2D eigenvalue weighted by molar-refractivity contribution is 0.0646. The van der Waals surface area contributed by atoms with Gasteiger partial charge < -0.3 is 9.47 Å². The summed E-state index contributed by atoms with van der Waals surface area (Å²) in [4.78, 5) is 16.5. The molecule has 0 fully saturated rings. The first kappa shape index (κ1) is 14.9. The van der Waals surface area contributed by atoms with Gasteiger partial charge in [0.1, 0.15) is 5.69 Å². The number of aryl methyl sites for hydroxylation is 1. The molecule has 3 rings (SSSR count). The van der Waals surface area contributed by atoms with Crippen LogP contribution in [0.2, 0.25) is 0 Å². The van der Waals surface area contributed by atoms with Crippen LogP contribution in [0.1, 0.15) is 47.2 Å². The first-order valence-electron chi connectivity index (χ1n) is 7.38. The zero-order valence-corrected chi connectivity index (χ0v) is 14.7. The number of carbonyl (C=O) groups excluding carboxylic acids is 1. The molecule has 5 heteroatoms. The second-order valence-corrected chi connectivity index (χ2v) is 7.22. The lowest BCUT2D eigenvalue weighted by Gasteiger charge is -2.35. The van der Waals surface area contributed by atoms with E-state index in [-0.39, 0.29) is 11.9 Å². The summed E-state index contributed by atoms with van der Waals surface area (Å²) in [5, 5.41) is 2.15. The molecule has 2 aromatic heterocycles. The van der Waals surface area contributed by atoms with E-state index >= 15 is 0 Å². The van der Waals surface area contributed by atoms with Crippen LogP contribution in [-0.2, 0) is 13.0 Å². The Morgan fingerprint density at radius 1 is 1.48 bits per heavy atom. The fraction of sp³-hybridized carbons (Fsp3) is 0.438. The normalized spacial score (nSPS) is 17.9. The van der Waals surface area contributed by atoms with Crippen LogP contribution in [0, 0.1) is 0 Å². The van der Waals surface area contributed by atoms with Gasteiger partial charge in [0.25, 0.3) is 5.91 Å². The van der Waals surface area contributed by atoms with Crippen molar-refractivity contribution in [3.63, 3.8) is 0 Å². The smallest absolute Gasteiger partial charge is 0.271 e. The van der Waals surface area contributed by atoms with Gasteiger partial charge in [0, 0.05) is 28.6 Å². The molecule has 0 radical (unpaired) electrons. The number of amides is 1. The molecule has 0 bridgehead atoms. The van der Waals surface area contributed by atoms with E-state index in [1.807, 2.05) is 33.1 Å². The van der Waals surface area contributed by atoms with Crippen molar-refractivity contribution in [2.45, 2.75) is 39.3 Å². The van der Waals surface area contributed by atoms with Gasteiger partial charge in [-0.1, -0.05) is 6.92 Å². The first-order valence-corrected chi connectivity index (χ1v) is 9.05. The molecule has 0 spiro atoms. The highest BCUT2D eigenvalue weighted by Gasteiger charge is 2.32. The zero-order valence-electron chi connectivity index (χ0n) is 12.3. The molecule has 3 nitrogen and oxygen atoms in total. The van der Waals surface area contributed by atoms with Crippen molar-refractivity contribution in [2.75, 3.05) is 6.54 Å². The molecule has 0 N–H and O–H groups in total.